The van der Waals surface area contributed by atoms with Crippen LogP contribution in [0.25, 0.3) is 10.2 Å². The van der Waals surface area contributed by atoms with Gasteiger partial charge in [-0.2, -0.15) is 0 Å². The van der Waals surface area contributed by atoms with Crippen LogP contribution in [0.3, 0.4) is 0 Å². The Bertz CT molecular complexity index is 869. The van der Waals surface area contributed by atoms with Crippen LogP contribution in [-0.4, -0.2) is 21.5 Å². The van der Waals surface area contributed by atoms with Gasteiger partial charge in [0, 0.05) is 10.3 Å². The monoisotopic (exact) mass is 368 g/mol. The summed E-state index contributed by atoms with van der Waals surface area (Å²) in [6.45, 7) is 6.05. The maximum atomic E-state index is 12.2. The zero-order valence-corrected chi connectivity index (χ0v) is 15.5. The van der Waals surface area contributed by atoms with Crippen LogP contribution < -0.4 is 0 Å². The highest BCUT2D eigenvalue weighted by atomic mass is 35.5. The second kappa shape index (κ2) is 6.28. The Hall–Kier alpha value is -0.950. The molecule has 0 aliphatic carbocycles. The van der Waals surface area contributed by atoms with Gasteiger partial charge in [-0.1, -0.05) is 23.4 Å². The number of ketones is 1. The van der Waals surface area contributed by atoms with E-state index in [2.05, 4.69) is 23.8 Å². The number of halogens is 1. The summed E-state index contributed by atoms with van der Waals surface area (Å²) in [5.41, 5.74) is 1.20. The van der Waals surface area contributed by atoms with Crippen LogP contribution in [0.5, 0.6) is 0 Å². The number of hydrogen-bond acceptors (Lipinski definition) is 6. The zero-order chi connectivity index (χ0) is 15.9. The number of hydrogen-bond donors (Lipinski definition) is 0. The largest absolute Gasteiger partial charge is 0.292 e. The Kier molecular flexibility index (Phi) is 4.54. The Morgan fingerprint density at radius 1 is 1.23 bits per heavy atom. The second-order valence-electron chi connectivity index (χ2n) is 4.85. The van der Waals surface area contributed by atoms with Crippen LogP contribution in [0.1, 0.15) is 25.9 Å². The molecule has 0 aliphatic heterocycles. The van der Waals surface area contributed by atoms with E-state index < -0.39 is 0 Å². The van der Waals surface area contributed by atoms with Gasteiger partial charge in [-0.05, 0) is 38.5 Å². The van der Waals surface area contributed by atoms with Gasteiger partial charge in [0.25, 0.3) is 0 Å². The van der Waals surface area contributed by atoms with Crippen molar-refractivity contribution in [1.82, 2.24) is 9.97 Å². The highest BCUT2D eigenvalue weighted by Crippen LogP contribution is 2.35. The molecule has 0 bridgehead atoms. The molecule has 0 saturated heterocycles. The third-order valence-corrected chi connectivity index (χ3v) is 6.64. The summed E-state index contributed by atoms with van der Waals surface area (Å²) < 4.78 is 0.637. The van der Waals surface area contributed by atoms with Gasteiger partial charge < -0.3 is 0 Å². The molecule has 3 rings (SSSR count). The number of Topliss-reactive ketones (excluding diaryl/α,β-unsaturated/α-hetero) is 1. The number of carbonyl (C=O) groups is 1. The number of thioether (sulfide) groups is 1. The molecule has 0 atom stereocenters. The highest BCUT2D eigenvalue weighted by molar-refractivity contribution is 8.00. The first-order valence-electron chi connectivity index (χ1n) is 6.61. The van der Waals surface area contributed by atoms with Crippen LogP contribution in [0, 0.1) is 20.8 Å². The molecular weight excluding hydrogens is 356 g/mol. The lowest BCUT2D eigenvalue weighted by Crippen LogP contribution is -2.01. The molecule has 0 saturated carbocycles. The molecule has 3 heterocycles. The molecule has 3 aromatic rings. The number of rotatable bonds is 4. The van der Waals surface area contributed by atoms with Crippen molar-refractivity contribution in [3.63, 3.8) is 0 Å². The Labute approximate surface area is 145 Å². The average Bonchev–Trinajstić information content (AvgIpc) is 3.01. The van der Waals surface area contributed by atoms with Crippen molar-refractivity contribution < 1.29 is 4.79 Å². The van der Waals surface area contributed by atoms with Crippen LogP contribution in [0.2, 0.25) is 4.34 Å². The molecule has 114 valence electrons. The van der Waals surface area contributed by atoms with Crippen molar-refractivity contribution in [1.29, 1.82) is 0 Å². The number of carbonyl (C=O) groups excluding carboxylic acids is 1. The van der Waals surface area contributed by atoms with E-state index in [1.165, 1.54) is 33.5 Å². The van der Waals surface area contributed by atoms with E-state index in [0.717, 1.165) is 21.1 Å². The van der Waals surface area contributed by atoms with Gasteiger partial charge in [0.05, 0.1) is 15.0 Å². The smallest absolute Gasteiger partial charge is 0.183 e. The molecule has 0 fully saturated rings. The molecule has 22 heavy (non-hydrogen) atoms. The summed E-state index contributed by atoms with van der Waals surface area (Å²) in [5.74, 6) is 1.18. The molecule has 0 aromatic carbocycles. The van der Waals surface area contributed by atoms with E-state index in [1.807, 2.05) is 6.92 Å². The van der Waals surface area contributed by atoms with Crippen molar-refractivity contribution in [3.05, 3.63) is 37.6 Å². The van der Waals surface area contributed by atoms with Gasteiger partial charge in [0.15, 0.2) is 5.78 Å². The third kappa shape index (κ3) is 3.06. The zero-order valence-electron chi connectivity index (χ0n) is 12.3. The summed E-state index contributed by atoms with van der Waals surface area (Å²) in [6, 6.07) is 3.53. The maximum absolute atomic E-state index is 12.2. The van der Waals surface area contributed by atoms with Crippen molar-refractivity contribution in [2.24, 2.45) is 0 Å². The first kappa shape index (κ1) is 15.9. The SMILES string of the molecule is Cc1nc(SCC(=O)c2ccc(Cl)s2)c2c(C)c(C)sc2n1. The molecule has 0 unspecified atom stereocenters. The molecule has 0 amide bonds. The molecule has 0 radical (unpaired) electrons. The topological polar surface area (TPSA) is 42.9 Å². The average molecular weight is 369 g/mol. The van der Waals surface area contributed by atoms with Gasteiger partial charge in [0.1, 0.15) is 15.7 Å². The van der Waals surface area contributed by atoms with E-state index in [-0.39, 0.29) is 5.78 Å². The summed E-state index contributed by atoms with van der Waals surface area (Å²) in [4.78, 5) is 24.2. The number of nitrogens with zero attached hydrogens (tertiary/aromatic N) is 2. The molecule has 0 aliphatic rings. The predicted octanol–water partition coefficient (Wildman–Crippen LogP) is 5.31. The predicted molar refractivity (Wildman–Crippen MR) is 96.0 cm³/mol. The minimum Gasteiger partial charge on any atom is -0.292 e. The lowest BCUT2D eigenvalue weighted by Gasteiger charge is -2.04. The lowest BCUT2D eigenvalue weighted by molar-refractivity contribution is 0.102. The van der Waals surface area contributed by atoms with Crippen LogP contribution >= 0.6 is 46.0 Å². The van der Waals surface area contributed by atoms with Crippen molar-refractivity contribution in [2.45, 2.75) is 25.8 Å². The fraction of sp³-hybridized carbons (Fsp3) is 0.267. The first-order chi connectivity index (χ1) is 10.5. The Morgan fingerprint density at radius 3 is 2.68 bits per heavy atom. The van der Waals surface area contributed by atoms with Crippen molar-refractivity contribution in [2.75, 3.05) is 5.75 Å². The molecule has 0 spiro atoms. The minimum atomic E-state index is 0.0796. The van der Waals surface area contributed by atoms with Gasteiger partial charge in [-0.15, -0.1) is 22.7 Å². The van der Waals surface area contributed by atoms with E-state index >= 15 is 0 Å². The quantitative estimate of drug-likeness (QED) is 0.355. The number of aryl methyl sites for hydroxylation is 3. The molecule has 3 aromatic heterocycles. The van der Waals surface area contributed by atoms with Crippen molar-refractivity contribution >= 4 is 62.0 Å². The third-order valence-electron chi connectivity index (χ3n) is 3.30. The van der Waals surface area contributed by atoms with Gasteiger partial charge >= 0.3 is 0 Å². The molecule has 7 heteroatoms. The summed E-state index contributed by atoms with van der Waals surface area (Å²) in [6.07, 6.45) is 0. The Balaban J connectivity index is 1.89. The van der Waals surface area contributed by atoms with E-state index in [9.17, 15) is 4.79 Å². The lowest BCUT2D eigenvalue weighted by atomic mass is 10.2. The molecule has 0 N–H and O–H groups in total. The second-order valence-corrected chi connectivity index (χ2v) is 8.74. The van der Waals surface area contributed by atoms with E-state index in [1.54, 1.807) is 23.5 Å². The van der Waals surface area contributed by atoms with Gasteiger partial charge in [-0.25, -0.2) is 9.97 Å². The Morgan fingerprint density at radius 2 is 2.00 bits per heavy atom. The highest BCUT2D eigenvalue weighted by Gasteiger charge is 2.16. The first-order valence-corrected chi connectivity index (χ1v) is 9.61. The number of aromatic nitrogens is 2. The van der Waals surface area contributed by atoms with Crippen LogP contribution in [-0.2, 0) is 0 Å². The fourth-order valence-corrected chi connectivity index (χ4v) is 5.31. The summed E-state index contributed by atoms with van der Waals surface area (Å²) >= 11 is 10.4. The van der Waals surface area contributed by atoms with Crippen molar-refractivity contribution in [3.8, 4) is 0 Å². The fourth-order valence-electron chi connectivity index (χ4n) is 2.09. The van der Waals surface area contributed by atoms with E-state index in [0.29, 0.717) is 15.0 Å². The summed E-state index contributed by atoms with van der Waals surface area (Å²) in [7, 11) is 0. The van der Waals surface area contributed by atoms with Crippen LogP contribution in [0.15, 0.2) is 17.2 Å². The minimum absolute atomic E-state index is 0.0796. The normalized spacial score (nSPS) is 11.3. The van der Waals surface area contributed by atoms with Gasteiger partial charge in [0.2, 0.25) is 0 Å². The van der Waals surface area contributed by atoms with Crippen LogP contribution in [0.4, 0.5) is 0 Å². The van der Waals surface area contributed by atoms with E-state index in [4.69, 9.17) is 11.6 Å². The summed E-state index contributed by atoms with van der Waals surface area (Å²) in [5, 5.41) is 1.97. The van der Waals surface area contributed by atoms with Gasteiger partial charge in [-0.3, -0.25) is 4.79 Å². The molecular formula is C15H13ClN2OS3. The standard InChI is InChI=1S/C15H13ClN2OS3/c1-7-8(2)21-15-13(7)14(17-9(3)18-15)20-6-10(19)11-4-5-12(16)22-11/h4-5H,6H2,1-3H3. The number of fused-ring (bicyclic) bond motifs is 1. The maximum Gasteiger partial charge on any atom is 0.183 e. The molecule has 3 nitrogen and oxygen atoms in total. The number of thiophene rings is 2.